The monoisotopic (exact) mass is 561 g/mol. The normalized spacial score (nSPS) is 12.1. The highest BCUT2D eigenvalue weighted by atomic mass is 127. The van der Waals surface area contributed by atoms with Gasteiger partial charge in [0.1, 0.15) is 12.4 Å². The summed E-state index contributed by atoms with van der Waals surface area (Å²) >= 11 is 0. The molecular formula is C26H36IN5O. The van der Waals surface area contributed by atoms with Crippen LogP contribution in [0.1, 0.15) is 41.9 Å². The lowest BCUT2D eigenvalue weighted by atomic mass is 10.1. The molecule has 2 aromatic carbocycles. The number of nitrogens with one attached hydrogen (secondary N) is 2. The third-order valence-electron chi connectivity index (χ3n) is 5.46. The third kappa shape index (κ3) is 8.07. The number of aliphatic imine (C=N–C) groups is 1. The van der Waals surface area contributed by atoms with Gasteiger partial charge in [-0.2, -0.15) is 5.10 Å². The lowest BCUT2D eigenvalue weighted by Crippen LogP contribution is -2.43. The molecule has 0 saturated heterocycles. The zero-order valence-electron chi connectivity index (χ0n) is 20.3. The number of aryl methyl sites for hydroxylation is 2. The van der Waals surface area contributed by atoms with Crippen LogP contribution in [0.25, 0.3) is 0 Å². The first-order chi connectivity index (χ1) is 15.5. The van der Waals surface area contributed by atoms with E-state index in [0.717, 1.165) is 41.5 Å². The molecule has 2 N–H and O–H groups in total. The Bertz CT molecular complexity index is 1030. The fourth-order valence-electron chi connectivity index (χ4n) is 3.70. The summed E-state index contributed by atoms with van der Waals surface area (Å²) < 4.78 is 7.82. The van der Waals surface area contributed by atoms with Gasteiger partial charge in [-0.25, -0.2) is 4.99 Å². The van der Waals surface area contributed by atoms with Crippen molar-refractivity contribution < 1.29 is 4.74 Å². The predicted molar refractivity (Wildman–Crippen MR) is 146 cm³/mol. The van der Waals surface area contributed by atoms with Crippen molar-refractivity contribution in [2.24, 2.45) is 12.0 Å². The fourth-order valence-corrected chi connectivity index (χ4v) is 3.70. The van der Waals surface area contributed by atoms with E-state index in [1.165, 1.54) is 11.3 Å². The van der Waals surface area contributed by atoms with Crippen molar-refractivity contribution in [2.75, 3.05) is 6.54 Å². The van der Waals surface area contributed by atoms with E-state index in [1.54, 1.807) is 0 Å². The molecule has 33 heavy (non-hydrogen) atoms. The molecule has 7 heteroatoms. The second-order valence-corrected chi connectivity index (χ2v) is 8.14. The van der Waals surface area contributed by atoms with Gasteiger partial charge >= 0.3 is 0 Å². The Kier molecular flexibility index (Phi) is 10.7. The van der Waals surface area contributed by atoms with Gasteiger partial charge in [-0.3, -0.25) is 4.68 Å². The van der Waals surface area contributed by atoms with Gasteiger partial charge in [0.2, 0.25) is 0 Å². The number of benzene rings is 2. The largest absolute Gasteiger partial charge is 0.489 e. The van der Waals surface area contributed by atoms with Gasteiger partial charge in [0, 0.05) is 25.3 Å². The smallest absolute Gasteiger partial charge is 0.191 e. The summed E-state index contributed by atoms with van der Waals surface area (Å²) in [5, 5.41) is 11.4. The summed E-state index contributed by atoms with van der Waals surface area (Å²) in [4.78, 5) is 4.81. The van der Waals surface area contributed by atoms with Gasteiger partial charge in [-0.1, -0.05) is 42.5 Å². The van der Waals surface area contributed by atoms with Crippen molar-refractivity contribution in [2.45, 2.75) is 53.3 Å². The van der Waals surface area contributed by atoms with E-state index in [0.29, 0.717) is 13.2 Å². The maximum atomic E-state index is 5.87. The van der Waals surface area contributed by atoms with E-state index >= 15 is 0 Å². The maximum absolute atomic E-state index is 5.87. The van der Waals surface area contributed by atoms with Gasteiger partial charge in [0.25, 0.3) is 0 Å². The molecule has 0 bridgehead atoms. The topological polar surface area (TPSA) is 63.5 Å². The highest BCUT2D eigenvalue weighted by Gasteiger charge is 2.14. The molecule has 0 aliphatic carbocycles. The molecule has 0 aliphatic rings. The standard InChI is InChI=1S/C26H35N5O.HI/c1-6-27-26(29-19(2)15-25-20(3)30-31(5)21(25)4)28-17-22-11-10-12-23(16-22)18-32-24-13-8-7-9-14-24;/h7-14,16,19H,6,15,17-18H2,1-5H3,(H2,27,28,29);1H. The molecule has 0 radical (unpaired) electrons. The molecule has 1 heterocycles. The number of guanidine groups is 1. The van der Waals surface area contributed by atoms with Crippen LogP contribution in [0.3, 0.4) is 0 Å². The molecule has 0 saturated carbocycles. The van der Waals surface area contributed by atoms with Crippen LogP contribution in [0, 0.1) is 13.8 Å². The number of para-hydroxylation sites is 1. The SMILES string of the molecule is CCNC(=NCc1cccc(COc2ccccc2)c1)NC(C)Cc1c(C)nn(C)c1C.I. The first kappa shape index (κ1) is 26.7. The molecular weight excluding hydrogens is 525 g/mol. The molecule has 0 amide bonds. The predicted octanol–water partition coefficient (Wildman–Crippen LogP) is 4.92. The van der Waals surface area contributed by atoms with Crippen LogP contribution in [-0.4, -0.2) is 28.3 Å². The zero-order valence-corrected chi connectivity index (χ0v) is 22.6. The fraction of sp³-hybridized carbons (Fsp3) is 0.385. The maximum Gasteiger partial charge on any atom is 0.191 e. The summed E-state index contributed by atoms with van der Waals surface area (Å²) in [7, 11) is 1.99. The van der Waals surface area contributed by atoms with Crippen LogP contribution in [0.15, 0.2) is 59.6 Å². The van der Waals surface area contributed by atoms with Crippen LogP contribution in [-0.2, 0) is 26.6 Å². The van der Waals surface area contributed by atoms with E-state index in [4.69, 9.17) is 9.73 Å². The summed E-state index contributed by atoms with van der Waals surface area (Å²) in [6.07, 6.45) is 0.905. The quantitative estimate of drug-likeness (QED) is 0.221. The number of aromatic nitrogens is 2. The Labute approximate surface area is 214 Å². The number of ether oxygens (including phenoxy) is 1. The second-order valence-electron chi connectivity index (χ2n) is 8.14. The Morgan fingerprint density at radius 1 is 1.09 bits per heavy atom. The summed E-state index contributed by atoms with van der Waals surface area (Å²) in [6.45, 7) is 10.4. The second kappa shape index (κ2) is 13.2. The average molecular weight is 562 g/mol. The van der Waals surface area contributed by atoms with Crippen LogP contribution in [0.4, 0.5) is 0 Å². The highest BCUT2D eigenvalue weighted by Crippen LogP contribution is 2.15. The molecule has 1 atom stereocenters. The van der Waals surface area contributed by atoms with E-state index in [2.05, 4.69) is 67.7 Å². The minimum Gasteiger partial charge on any atom is -0.489 e. The molecule has 178 valence electrons. The van der Waals surface area contributed by atoms with Crippen molar-refractivity contribution in [3.8, 4) is 5.75 Å². The molecule has 6 nitrogen and oxygen atoms in total. The summed E-state index contributed by atoms with van der Waals surface area (Å²) in [6, 6.07) is 18.5. The number of hydrogen-bond donors (Lipinski definition) is 2. The molecule has 0 spiro atoms. The van der Waals surface area contributed by atoms with Gasteiger partial charge < -0.3 is 15.4 Å². The zero-order chi connectivity index (χ0) is 22.9. The lowest BCUT2D eigenvalue weighted by Gasteiger charge is -2.18. The third-order valence-corrected chi connectivity index (χ3v) is 5.46. The van der Waals surface area contributed by atoms with Crippen molar-refractivity contribution in [3.63, 3.8) is 0 Å². The van der Waals surface area contributed by atoms with Gasteiger partial charge in [-0.05, 0) is 62.9 Å². The Balaban J connectivity index is 0.00000385. The van der Waals surface area contributed by atoms with E-state index in [9.17, 15) is 0 Å². The summed E-state index contributed by atoms with van der Waals surface area (Å²) in [5.74, 6) is 1.70. The number of nitrogens with zero attached hydrogens (tertiary/aromatic N) is 3. The van der Waals surface area contributed by atoms with Crippen molar-refractivity contribution in [1.82, 2.24) is 20.4 Å². The van der Waals surface area contributed by atoms with Crippen molar-refractivity contribution >= 4 is 29.9 Å². The van der Waals surface area contributed by atoms with Gasteiger partial charge in [-0.15, -0.1) is 24.0 Å². The number of halogens is 1. The lowest BCUT2D eigenvalue weighted by molar-refractivity contribution is 0.306. The van der Waals surface area contributed by atoms with E-state index in [1.807, 2.05) is 42.1 Å². The van der Waals surface area contributed by atoms with E-state index < -0.39 is 0 Å². The van der Waals surface area contributed by atoms with Gasteiger partial charge in [0.15, 0.2) is 5.96 Å². The highest BCUT2D eigenvalue weighted by molar-refractivity contribution is 14.0. The molecule has 0 fully saturated rings. The van der Waals surface area contributed by atoms with Crippen LogP contribution in [0.2, 0.25) is 0 Å². The van der Waals surface area contributed by atoms with Crippen LogP contribution >= 0.6 is 24.0 Å². The molecule has 1 unspecified atom stereocenters. The van der Waals surface area contributed by atoms with Gasteiger partial charge in [0.05, 0.1) is 12.2 Å². The first-order valence-corrected chi connectivity index (χ1v) is 11.3. The van der Waals surface area contributed by atoms with Crippen LogP contribution < -0.4 is 15.4 Å². The summed E-state index contributed by atoms with van der Waals surface area (Å²) in [5.41, 5.74) is 5.90. The molecule has 3 aromatic rings. The Morgan fingerprint density at radius 2 is 1.82 bits per heavy atom. The molecule has 3 rings (SSSR count). The minimum atomic E-state index is 0. The molecule has 1 aromatic heterocycles. The minimum absolute atomic E-state index is 0. The molecule has 0 aliphatic heterocycles. The Morgan fingerprint density at radius 3 is 2.48 bits per heavy atom. The van der Waals surface area contributed by atoms with E-state index in [-0.39, 0.29) is 30.0 Å². The van der Waals surface area contributed by atoms with Crippen molar-refractivity contribution in [1.29, 1.82) is 0 Å². The van der Waals surface area contributed by atoms with Crippen molar-refractivity contribution in [3.05, 3.63) is 82.7 Å². The number of hydrogen-bond acceptors (Lipinski definition) is 3. The average Bonchev–Trinajstić information content (AvgIpc) is 3.03. The number of rotatable bonds is 9. The Hall–Kier alpha value is -2.55. The first-order valence-electron chi connectivity index (χ1n) is 11.3. The van der Waals surface area contributed by atoms with Crippen LogP contribution in [0.5, 0.6) is 5.75 Å².